The topological polar surface area (TPSA) is 83.1 Å². The molecule has 154 valence electrons. The number of benzene rings is 2. The molecule has 0 spiro atoms. The second kappa shape index (κ2) is 10.8. The zero-order valence-corrected chi connectivity index (χ0v) is 17.0. The molecule has 0 aliphatic carbocycles. The van der Waals surface area contributed by atoms with E-state index >= 15 is 0 Å². The molecule has 0 heterocycles. The summed E-state index contributed by atoms with van der Waals surface area (Å²) in [5.41, 5.74) is 2.42. The van der Waals surface area contributed by atoms with Gasteiger partial charge >= 0.3 is 5.97 Å². The van der Waals surface area contributed by atoms with Crippen molar-refractivity contribution in [1.82, 2.24) is 0 Å². The van der Waals surface area contributed by atoms with Crippen LogP contribution in [-0.4, -0.2) is 39.3 Å². The first-order valence-corrected chi connectivity index (χ1v) is 9.00. The Bertz CT molecular complexity index is 891. The third-order valence-corrected chi connectivity index (χ3v) is 3.89. The largest absolute Gasteiger partial charge is 0.495 e. The predicted octanol–water partition coefficient (Wildman–Crippen LogP) is 3.61. The number of esters is 1. The van der Waals surface area contributed by atoms with Gasteiger partial charge in [0.05, 0.1) is 19.9 Å². The van der Waals surface area contributed by atoms with Crippen molar-refractivity contribution in [2.75, 3.05) is 32.8 Å². The van der Waals surface area contributed by atoms with Crippen LogP contribution in [0.3, 0.4) is 0 Å². The number of allylic oxidation sites excluding steroid dienone is 1. The highest BCUT2D eigenvalue weighted by molar-refractivity contribution is 5.94. The maximum Gasteiger partial charge on any atom is 0.344 e. The van der Waals surface area contributed by atoms with Crippen LogP contribution in [-0.2, 0) is 14.3 Å². The fourth-order valence-electron chi connectivity index (χ4n) is 2.53. The second-order valence-electron chi connectivity index (χ2n) is 6.11. The van der Waals surface area contributed by atoms with E-state index in [1.807, 2.05) is 38.1 Å². The van der Waals surface area contributed by atoms with Gasteiger partial charge in [0.2, 0.25) is 0 Å². The smallest absolute Gasteiger partial charge is 0.344 e. The van der Waals surface area contributed by atoms with Gasteiger partial charge in [-0.05, 0) is 49.2 Å². The Hall–Kier alpha value is -3.48. The lowest BCUT2D eigenvalue weighted by atomic mass is 10.2. The highest BCUT2D eigenvalue weighted by atomic mass is 16.6. The van der Waals surface area contributed by atoms with Gasteiger partial charge in [-0.15, -0.1) is 0 Å². The van der Waals surface area contributed by atoms with Crippen molar-refractivity contribution in [3.63, 3.8) is 0 Å². The minimum atomic E-state index is -0.670. The van der Waals surface area contributed by atoms with Gasteiger partial charge < -0.3 is 24.3 Å². The molecule has 2 aromatic rings. The first-order chi connectivity index (χ1) is 14.0. The number of amides is 1. The van der Waals surface area contributed by atoms with Gasteiger partial charge in [0.15, 0.2) is 24.7 Å². The highest BCUT2D eigenvalue weighted by Crippen LogP contribution is 2.28. The number of hydrogen-bond acceptors (Lipinski definition) is 6. The van der Waals surface area contributed by atoms with E-state index in [-0.39, 0.29) is 6.61 Å². The number of aryl methyl sites for hydroxylation is 1. The van der Waals surface area contributed by atoms with Crippen LogP contribution in [0.1, 0.15) is 18.1 Å². The summed E-state index contributed by atoms with van der Waals surface area (Å²) in [5.74, 6) is 0.280. The van der Waals surface area contributed by atoms with Crippen LogP contribution in [0.25, 0.3) is 6.08 Å². The molecule has 0 aliphatic rings. The molecule has 0 unspecified atom stereocenters. The van der Waals surface area contributed by atoms with Crippen LogP contribution in [0, 0.1) is 6.92 Å². The molecule has 0 saturated heterocycles. The molecule has 0 radical (unpaired) electrons. The van der Waals surface area contributed by atoms with Gasteiger partial charge in [-0.2, -0.15) is 0 Å². The van der Waals surface area contributed by atoms with Gasteiger partial charge in [-0.1, -0.05) is 24.3 Å². The summed E-state index contributed by atoms with van der Waals surface area (Å²) in [7, 11) is 3.03. The van der Waals surface area contributed by atoms with E-state index in [0.717, 1.165) is 11.1 Å². The van der Waals surface area contributed by atoms with Crippen LogP contribution < -0.4 is 19.5 Å². The van der Waals surface area contributed by atoms with Crippen molar-refractivity contribution in [3.05, 3.63) is 53.6 Å². The first-order valence-electron chi connectivity index (χ1n) is 9.00. The summed E-state index contributed by atoms with van der Waals surface area (Å²) in [6.07, 6.45) is 3.83. The molecule has 0 fully saturated rings. The maximum absolute atomic E-state index is 12.1. The van der Waals surface area contributed by atoms with Gasteiger partial charge in [-0.3, -0.25) is 4.79 Å². The molecule has 1 N–H and O–H groups in total. The molecular weight excluding hydrogens is 374 g/mol. The molecule has 0 saturated carbocycles. The van der Waals surface area contributed by atoms with Gasteiger partial charge in [0, 0.05) is 0 Å². The fraction of sp³-hybridized carbons (Fsp3) is 0.273. The molecule has 7 nitrogen and oxygen atoms in total. The lowest BCUT2D eigenvalue weighted by molar-refractivity contribution is -0.149. The van der Waals surface area contributed by atoms with Crippen LogP contribution in [0.15, 0.2) is 42.5 Å². The van der Waals surface area contributed by atoms with Crippen molar-refractivity contribution in [2.45, 2.75) is 13.8 Å². The zero-order valence-electron chi connectivity index (χ0n) is 17.0. The number of carbonyl (C=O) groups is 2. The van der Waals surface area contributed by atoms with E-state index in [2.05, 4.69) is 5.32 Å². The Balaban J connectivity index is 1.86. The zero-order chi connectivity index (χ0) is 21.2. The molecular formula is C22H25NO6. The SMILES string of the molecule is C/C=C/c1ccc(OCC(=O)OCC(=O)Nc2cc(C)ccc2OC)c(OC)c1. The third-order valence-electron chi connectivity index (χ3n) is 3.89. The number of nitrogens with one attached hydrogen (secondary N) is 1. The van der Waals surface area contributed by atoms with E-state index in [9.17, 15) is 9.59 Å². The van der Waals surface area contributed by atoms with Crippen LogP contribution in [0.2, 0.25) is 0 Å². The van der Waals surface area contributed by atoms with E-state index in [1.165, 1.54) is 14.2 Å². The van der Waals surface area contributed by atoms with Crippen molar-refractivity contribution in [1.29, 1.82) is 0 Å². The Kier molecular flexibility index (Phi) is 8.09. The van der Waals surface area contributed by atoms with E-state index in [0.29, 0.717) is 22.9 Å². The van der Waals surface area contributed by atoms with Crippen LogP contribution in [0.4, 0.5) is 5.69 Å². The number of hydrogen-bond donors (Lipinski definition) is 1. The molecule has 0 aromatic heterocycles. The lowest BCUT2D eigenvalue weighted by Crippen LogP contribution is -2.24. The summed E-state index contributed by atoms with van der Waals surface area (Å²) >= 11 is 0. The number of ether oxygens (including phenoxy) is 4. The van der Waals surface area contributed by atoms with Crippen molar-refractivity contribution >= 4 is 23.6 Å². The van der Waals surface area contributed by atoms with Gasteiger partial charge in [0.25, 0.3) is 5.91 Å². The predicted molar refractivity (Wildman–Crippen MR) is 111 cm³/mol. The Morgan fingerprint density at radius 1 is 0.966 bits per heavy atom. The summed E-state index contributed by atoms with van der Waals surface area (Å²) in [6, 6.07) is 10.7. The molecule has 0 aliphatic heterocycles. The Morgan fingerprint density at radius 3 is 2.38 bits per heavy atom. The van der Waals surface area contributed by atoms with Gasteiger partial charge in [-0.25, -0.2) is 4.79 Å². The van der Waals surface area contributed by atoms with Crippen molar-refractivity contribution in [2.24, 2.45) is 0 Å². The Labute approximate surface area is 170 Å². The average Bonchev–Trinajstić information content (AvgIpc) is 2.71. The highest BCUT2D eigenvalue weighted by Gasteiger charge is 2.13. The lowest BCUT2D eigenvalue weighted by Gasteiger charge is -2.12. The van der Waals surface area contributed by atoms with Crippen LogP contribution in [0.5, 0.6) is 17.2 Å². The van der Waals surface area contributed by atoms with Crippen molar-refractivity contribution < 1.29 is 28.5 Å². The Morgan fingerprint density at radius 2 is 1.69 bits per heavy atom. The third kappa shape index (κ3) is 6.57. The van der Waals surface area contributed by atoms with E-state index in [4.69, 9.17) is 18.9 Å². The number of anilines is 1. The molecule has 0 bridgehead atoms. The maximum atomic E-state index is 12.1. The molecule has 1 amide bonds. The fourth-order valence-corrected chi connectivity index (χ4v) is 2.53. The standard InChI is InChI=1S/C22H25NO6/c1-5-6-16-8-10-19(20(12-16)27-4)28-14-22(25)29-13-21(24)23-17-11-15(2)7-9-18(17)26-3/h5-12H,13-14H2,1-4H3,(H,23,24)/b6-5+. The number of carbonyl (C=O) groups excluding carboxylic acids is 2. The molecule has 29 heavy (non-hydrogen) atoms. The minimum absolute atomic E-state index is 0.347. The normalized spacial score (nSPS) is 10.5. The molecule has 2 aromatic carbocycles. The average molecular weight is 399 g/mol. The van der Waals surface area contributed by atoms with Gasteiger partial charge in [0.1, 0.15) is 5.75 Å². The number of methoxy groups -OCH3 is 2. The van der Waals surface area contributed by atoms with Crippen molar-refractivity contribution in [3.8, 4) is 17.2 Å². The minimum Gasteiger partial charge on any atom is -0.495 e. The second-order valence-corrected chi connectivity index (χ2v) is 6.11. The van der Waals surface area contributed by atoms with E-state index in [1.54, 1.807) is 24.3 Å². The quantitative estimate of drug-likeness (QED) is 0.649. The molecule has 0 atom stereocenters. The summed E-state index contributed by atoms with van der Waals surface area (Å²) in [6.45, 7) is 3.03. The summed E-state index contributed by atoms with van der Waals surface area (Å²) in [4.78, 5) is 24.0. The monoisotopic (exact) mass is 399 g/mol. The summed E-state index contributed by atoms with van der Waals surface area (Å²) < 4.78 is 20.9. The first kappa shape index (κ1) is 21.8. The van der Waals surface area contributed by atoms with E-state index < -0.39 is 18.5 Å². The molecule has 2 rings (SSSR count). The van der Waals surface area contributed by atoms with Crippen LogP contribution >= 0.6 is 0 Å². The molecule has 7 heteroatoms. The summed E-state index contributed by atoms with van der Waals surface area (Å²) in [5, 5.41) is 2.66. The number of rotatable bonds is 9.